The van der Waals surface area contributed by atoms with Crippen molar-refractivity contribution in [1.29, 1.82) is 0 Å². The van der Waals surface area contributed by atoms with Gasteiger partial charge in [-0.1, -0.05) is 0 Å². The maximum Gasteiger partial charge on any atom is 0.306 e. The fourth-order valence-corrected chi connectivity index (χ4v) is 3.69. The highest BCUT2D eigenvalue weighted by molar-refractivity contribution is 5.95. The van der Waals surface area contributed by atoms with Crippen LogP contribution in [0.25, 0.3) is 0 Å². The summed E-state index contributed by atoms with van der Waals surface area (Å²) >= 11 is 0. The Morgan fingerprint density at radius 3 is 2.50 bits per heavy atom. The second-order valence-corrected chi connectivity index (χ2v) is 6.79. The summed E-state index contributed by atoms with van der Waals surface area (Å²) in [4.78, 5) is 23.5. The molecule has 0 bridgehead atoms. The number of amides is 1. The first-order chi connectivity index (χ1) is 11.6. The Morgan fingerprint density at radius 1 is 1.21 bits per heavy atom. The average molecular weight is 335 g/mol. The quantitative estimate of drug-likeness (QED) is 0.877. The molecule has 1 aliphatic heterocycles. The molecule has 1 saturated heterocycles. The second kappa shape index (κ2) is 7.34. The van der Waals surface area contributed by atoms with E-state index in [0.717, 1.165) is 44.6 Å². The van der Waals surface area contributed by atoms with Crippen molar-refractivity contribution >= 4 is 11.9 Å². The van der Waals surface area contributed by atoms with Gasteiger partial charge in [0, 0.05) is 24.9 Å². The van der Waals surface area contributed by atoms with E-state index in [4.69, 9.17) is 9.84 Å². The summed E-state index contributed by atoms with van der Waals surface area (Å²) in [5.41, 5.74) is 1.50. The highest BCUT2D eigenvalue weighted by Crippen LogP contribution is 2.26. The fraction of sp³-hybridized carbons (Fsp3) is 0.706. The minimum Gasteiger partial charge on any atom is -0.481 e. The number of rotatable bonds is 4. The van der Waals surface area contributed by atoms with Crippen LogP contribution in [0.2, 0.25) is 0 Å². The maximum absolute atomic E-state index is 12.5. The van der Waals surface area contributed by atoms with E-state index >= 15 is 0 Å². The fourth-order valence-electron chi connectivity index (χ4n) is 3.69. The molecule has 0 spiro atoms. The number of carboxylic acid groups (broad SMARTS) is 1. The molecule has 1 aliphatic carbocycles. The molecule has 0 atom stereocenters. The van der Waals surface area contributed by atoms with Gasteiger partial charge in [0.1, 0.15) is 0 Å². The molecule has 1 amide bonds. The molecule has 7 nitrogen and oxygen atoms in total. The van der Waals surface area contributed by atoms with Gasteiger partial charge in [-0.15, -0.1) is 0 Å². The molecule has 2 heterocycles. The minimum absolute atomic E-state index is 0.0546. The van der Waals surface area contributed by atoms with Gasteiger partial charge >= 0.3 is 5.97 Å². The van der Waals surface area contributed by atoms with Crippen LogP contribution < -0.4 is 5.32 Å². The van der Waals surface area contributed by atoms with Crippen LogP contribution in [-0.4, -0.2) is 46.0 Å². The summed E-state index contributed by atoms with van der Waals surface area (Å²) in [6.07, 6.45) is 6.17. The summed E-state index contributed by atoms with van der Waals surface area (Å²) in [5, 5.41) is 16.5. The lowest BCUT2D eigenvalue weighted by Crippen LogP contribution is -2.38. The second-order valence-electron chi connectivity index (χ2n) is 6.79. The van der Waals surface area contributed by atoms with Gasteiger partial charge in [0.05, 0.1) is 23.7 Å². The standard InChI is InChI=1S/C17H25N3O4/c1-11-15(10-18-20(11)14-6-8-24-9-7-14)16(21)19-13-4-2-12(3-5-13)17(22)23/h10,12-14H,2-9H2,1H3,(H,19,21)(H,22,23). The van der Waals surface area contributed by atoms with Crippen molar-refractivity contribution < 1.29 is 19.4 Å². The molecule has 132 valence electrons. The first-order valence-electron chi connectivity index (χ1n) is 8.71. The van der Waals surface area contributed by atoms with Gasteiger partial charge in [-0.2, -0.15) is 5.10 Å². The lowest BCUT2D eigenvalue weighted by molar-refractivity contribution is -0.142. The molecular formula is C17H25N3O4. The largest absolute Gasteiger partial charge is 0.481 e. The van der Waals surface area contributed by atoms with Crippen LogP contribution in [0.15, 0.2) is 6.20 Å². The van der Waals surface area contributed by atoms with Gasteiger partial charge in [-0.3, -0.25) is 14.3 Å². The number of aliphatic carboxylic acids is 1. The maximum atomic E-state index is 12.5. The molecular weight excluding hydrogens is 310 g/mol. The number of hydrogen-bond donors (Lipinski definition) is 2. The first kappa shape index (κ1) is 17.0. The zero-order valence-corrected chi connectivity index (χ0v) is 14.0. The van der Waals surface area contributed by atoms with Crippen molar-refractivity contribution in [3.05, 3.63) is 17.5 Å². The molecule has 24 heavy (non-hydrogen) atoms. The molecule has 3 rings (SSSR count). The van der Waals surface area contributed by atoms with Gasteiger partial charge in [-0.25, -0.2) is 0 Å². The van der Waals surface area contributed by atoms with Crippen molar-refractivity contribution in [2.45, 2.75) is 57.5 Å². The molecule has 0 radical (unpaired) electrons. The van der Waals surface area contributed by atoms with Crippen LogP contribution in [0, 0.1) is 12.8 Å². The number of hydrogen-bond acceptors (Lipinski definition) is 4. The van der Waals surface area contributed by atoms with E-state index in [0.29, 0.717) is 24.4 Å². The first-order valence-corrected chi connectivity index (χ1v) is 8.71. The van der Waals surface area contributed by atoms with Crippen LogP contribution in [-0.2, 0) is 9.53 Å². The number of nitrogens with zero attached hydrogens (tertiary/aromatic N) is 2. The Morgan fingerprint density at radius 2 is 1.88 bits per heavy atom. The summed E-state index contributed by atoms with van der Waals surface area (Å²) in [6, 6.07) is 0.352. The Balaban J connectivity index is 1.59. The van der Waals surface area contributed by atoms with Crippen molar-refractivity contribution in [3.8, 4) is 0 Å². The van der Waals surface area contributed by atoms with Crippen LogP contribution in [0.5, 0.6) is 0 Å². The molecule has 0 aromatic carbocycles. The third-order valence-corrected chi connectivity index (χ3v) is 5.24. The van der Waals surface area contributed by atoms with Gasteiger partial charge in [0.2, 0.25) is 0 Å². The van der Waals surface area contributed by atoms with Crippen molar-refractivity contribution in [2.75, 3.05) is 13.2 Å². The number of aromatic nitrogens is 2. The Bertz CT molecular complexity index is 599. The molecule has 2 aliphatic rings. The monoisotopic (exact) mass is 335 g/mol. The number of carboxylic acids is 1. The zero-order valence-electron chi connectivity index (χ0n) is 14.0. The predicted octanol–water partition coefficient (Wildman–Crippen LogP) is 1.92. The molecule has 7 heteroatoms. The van der Waals surface area contributed by atoms with Gasteiger partial charge in [-0.05, 0) is 45.4 Å². The topological polar surface area (TPSA) is 93.5 Å². The predicted molar refractivity (Wildman–Crippen MR) is 86.9 cm³/mol. The number of nitrogens with one attached hydrogen (secondary N) is 1. The van der Waals surface area contributed by atoms with Crippen LogP contribution in [0.4, 0.5) is 0 Å². The van der Waals surface area contributed by atoms with Crippen molar-refractivity contribution in [1.82, 2.24) is 15.1 Å². The zero-order chi connectivity index (χ0) is 17.1. The molecule has 1 aromatic heterocycles. The van der Waals surface area contributed by atoms with Gasteiger partial charge < -0.3 is 15.2 Å². The van der Waals surface area contributed by atoms with Gasteiger partial charge in [0.25, 0.3) is 5.91 Å². The van der Waals surface area contributed by atoms with Crippen LogP contribution in [0.3, 0.4) is 0 Å². The van der Waals surface area contributed by atoms with E-state index in [9.17, 15) is 9.59 Å². The van der Waals surface area contributed by atoms with E-state index in [1.165, 1.54) is 0 Å². The highest BCUT2D eigenvalue weighted by Gasteiger charge is 2.28. The van der Waals surface area contributed by atoms with Crippen molar-refractivity contribution in [3.63, 3.8) is 0 Å². The van der Waals surface area contributed by atoms with Crippen LogP contribution >= 0.6 is 0 Å². The smallest absolute Gasteiger partial charge is 0.306 e. The number of carbonyl (C=O) groups excluding carboxylic acids is 1. The third kappa shape index (κ3) is 3.61. The molecule has 1 aromatic rings. The van der Waals surface area contributed by atoms with Crippen molar-refractivity contribution in [2.24, 2.45) is 5.92 Å². The minimum atomic E-state index is -0.728. The van der Waals surface area contributed by atoms with E-state index in [2.05, 4.69) is 10.4 Å². The Hall–Kier alpha value is -1.89. The Kier molecular flexibility index (Phi) is 5.18. The summed E-state index contributed by atoms with van der Waals surface area (Å²) < 4.78 is 7.32. The Labute approximate surface area is 141 Å². The SMILES string of the molecule is Cc1c(C(=O)NC2CCC(C(=O)O)CC2)cnn1C1CCOCC1. The van der Waals surface area contributed by atoms with Crippen LogP contribution in [0.1, 0.15) is 60.6 Å². The van der Waals surface area contributed by atoms with E-state index in [1.807, 2.05) is 11.6 Å². The van der Waals surface area contributed by atoms with E-state index in [1.54, 1.807) is 6.20 Å². The van der Waals surface area contributed by atoms with E-state index < -0.39 is 5.97 Å². The summed E-state index contributed by atoms with van der Waals surface area (Å²) in [7, 11) is 0. The highest BCUT2D eigenvalue weighted by atomic mass is 16.5. The normalized spacial score (nSPS) is 25.4. The molecule has 2 fully saturated rings. The average Bonchev–Trinajstić information content (AvgIpc) is 2.98. The number of ether oxygens (including phenoxy) is 1. The third-order valence-electron chi connectivity index (χ3n) is 5.24. The lowest BCUT2D eigenvalue weighted by Gasteiger charge is -2.27. The van der Waals surface area contributed by atoms with Gasteiger partial charge in [0.15, 0.2) is 0 Å². The molecule has 2 N–H and O–H groups in total. The summed E-state index contributed by atoms with van der Waals surface area (Å²) in [6.45, 7) is 3.40. The molecule has 0 unspecified atom stereocenters. The molecule has 1 saturated carbocycles. The van der Waals surface area contributed by atoms with E-state index in [-0.39, 0.29) is 17.9 Å². The summed E-state index contributed by atoms with van der Waals surface area (Å²) in [5.74, 6) is -1.10. The lowest BCUT2D eigenvalue weighted by atomic mass is 9.86. The number of carbonyl (C=O) groups is 2.